The fourth-order valence-corrected chi connectivity index (χ4v) is 5.06. The van der Waals surface area contributed by atoms with Gasteiger partial charge in [-0.05, 0) is 61.6 Å². The van der Waals surface area contributed by atoms with Gasteiger partial charge in [0, 0.05) is 50.6 Å². The third kappa shape index (κ3) is 5.96. The maximum atomic E-state index is 12.9. The minimum absolute atomic E-state index is 0.00264. The Morgan fingerprint density at radius 3 is 2.39 bits per heavy atom. The number of nitrogens with zero attached hydrogens (tertiary/aromatic N) is 4. The Morgan fingerprint density at radius 2 is 1.67 bits per heavy atom. The van der Waals surface area contributed by atoms with Gasteiger partial charge in [-0.25, -0.2) is 4.98 Å². The number of hydrogen-bond donors (Lipinski definition) is 0. The number of likely N-dealkylation sites (tertiary alicyclic amines) is 2. The fraction of sp³-hybridized carbons (Fsp3) is 0.414. The highest BCUT2D eigenvalue weighted by molar-refractivity contribution is 5.92. The molecule has 0 aliphatic carbocycles. The molecule has 1 aromatic carbocycles. The smallest absolute Gasteiger partial charge is 0.246 e. The Bertz CT molecular complexity index is 1170. The van der Waals surface area contributed by atoms with Gasteiger partial charge in [0.25, 0.3) is 0 Å². The van der Waals surface area contributed by atoms with E-state index in [0.29, 0.717) is 25.6 Å². The van der Waals surface area contributed by atoms with Crippen LogP contribution in [0.2, 0.25) is 0 Å². The Labute approximate surface area is 212 Å². The monoisotopic (exact) mass is 486 g/mol. The van der Waals surface area contributed by atoms with Crippen molar-refractivity contribution < 1.29 is 14.3 Å². The molecule has 0 N–H and O–H groups in total. The number of aromatic nitrogens is 2. The lowest BCUT2D eigenvalue weighted by atomic mass is 9.95. The average molecular weight is 487 g/mol. The number of pyridine rings is 1. The van der Waals surface area contributed by atoms with Crippen LogP contribution in [0.1, 0.15) is 49.8 Å². The van der Waals surface area contributed by atoms with Crippen LogP contribution in [0.4, 0.5) is 0 Å². The van der Waals surface area contributed by atoms with Crippen molar-refractivity contribution in [1.29, 1.82) is 0 Å². The SMILES string of the molecule is O=C(C=Cc1ccc(OCc2cn3ccccc3n2)cc1)N1CCC(C(=O)N2CCCCCC2)CC1. The largest absolute Gasteiger partial charge is 0.487 e. The summed E-state index contributed by atoms with van der Waals surface area (Å²) in [6.07, 6.45) is 13.6. The van der Waals surface area contributed by atoms with Gasteiger partial charge in [0.1, 0.15) is 18.0 Å². The molecule has 5 rings (SSSR count). The highest BCUT2D eigenvalue weighted by Crippen LogP contribution is 2.22. The molecule has 7 heteroatoms. The van der Waals surface area contributed by atoms with E-state index >= 15 is 0 Å². The number of hydrogen-bond acceptors (Lipinski definition) is 4. The molecule has 0 saturated carbocycles. The predicted molar refractivity (Wildman–Crippen MR) is 139 cm³/mol. The van der Waals surface area contributed by atoms with Crippen LogP contribution in [0.25, 0.3) is 11.7 Å². The van der Waals surface area contributed by atoms with E-state index in [1.807, 2.05) is 70.2 Å². The van der Waals surface area contributed by atoms with Crippen molar-refractivity contribution in [2.24, 2.45) is 5.92 Å². The lowest BCUT2D eigenvalue weighted by Crippen LogP contribution is -2.44. The van der Waals surface area contributed by atoms with Gasteiger partial charge in [-0.1, -0.05) is 31.0 Å². The third-order valence-corrected chi connectivity index (χ3v) is 7.17. The Balaban J connectivity index is 1.08. The van der Waals surface area contributed by atoms with E-state index in [-0.39, 0.29) is 11.8 Å². The molecular formula is C29H34N4O3. The molecule has 2 aromatic heterocycles. The molecule has 2 amide bonds. The summed E-state index contributed by atoms with van der Waals surface area (Å²) >= 11 is 0. The fourth-order valence-electron chi connectivity index (χ4n) is 5.06. The van der Waals surface area contributed by atoms with Crippen LogP contribution in [0, 0.1) is 5.92 Å². The molecule has 2 aliphatic heterocycles. The lowest BCUT2D eigenvalue weighted by Gasteiger charge is -2.33. The molecule has 36 heavy (non-hydrogen) atoms. The van der Waals surface area contributed by atoms with Crippen LogP contribution in [-0.2, 0) is 16.2 Å². The van der Waals surface area contributed by atoms with Crippen molar-refractivity contribution in [3.63, 3.8) is 0 Å². The van der Waals surface area contributed by atoms with Gasteiger partial charge in [-0.3, -0.25) is 9.59 Å². The van der Waals surface area contributed by atoms with Crippen LogP contribution >= 0.6 is 0 Å². The third-order valence-electron chi connectivity index (χ3n) is 7.17. The van der Waals surface area contributed by atoms with Crippen molar-refractivity contribution in [2.75, 3.05) is 26.2 Å². The van der Waals surface area contributed by atoms with Gasteiger partial charge >= 0.3 is 0 Å². The Kier molecular flexibility index (Phi) is 7.64. The first-order chi connectivity index (χ1) is 17.7. The summed E-state index contributed by atoms with van der Waals surface area (Å²) in [5, 5.41) is 0. The topological polar surface area (TPSA) is 67.2 Å². The zero-order chi connectivity index (χ0) is 24.7. The molecule has 0 bridgehead atoms. The van der Waals surface area contributed by atoms with Gasteiger partial charge in [0.15, 0.2) is 0 Å². The quantitative estimate of drug-likeness (QED) is 0.479. The number of piperidine rings is 1. The van der Waals surface area contributed by atoms with Crippen LogP contribution in [0.5, 0.6) is 5.75 Å². The van der Waals surface area contributed by atoms with E-state index in [4.69, 9.17) is 4.74 Å². The van der Waals surface area contributed by atoms with E-state index in [1.165, 1.54) is 12.8 Å². The molecule has 0 atom stereocenters. The van der Waals surface area contributed by atoms with Crippen LogP contribution in [0.15, 0.2) is 60.9 Å². The average Bonchev–Trinajstić information content (AvgIpc) is 3.14. The number of carbonyl (C=O) groups is 2. The zero-order valence-electron chi connectivity index (χ0n) is 20.7. The molecular weight excluding hydrogens is 452 g/mol. The summed E-state index contributed by atoms with van der Waals surface area (Å²) in [5.41, 5.74) is 2.71. The first kappa shape index (κ1) is 24.1. The van der Waals surface area contributed by atoms with Crippen molar-refractivity contribution in [3.8, 4) is 5.75 Å². The number of imidazole rings is 1. The Morgan fingerprint density at radius 1 is 0.917 bits per heavy atom. The highest BCUT2D eigenvalue weighted by Gasteiger charge is 2.29. The van der Waals surface area contributed by atoms with Gasteiger partial charge < -0.3 is 18.9 Å². The van der Waals surface area contributed by atoms with Crippen LogP contribution < -0.4 is 4.74 Å². The standard InChI is InChI=1S/C29H34N4O3/c34-28(31-19-14-24(15-20-31)29(35)32-16-4-1-2-5-17-32)13-10-23-8-11-26(12-9-23)36-22-25-21-33-18-6-3-7-27(33)30-25/h3,6-13,18,21,24H,1-2,4-5,14-17,19-20,22H2. The molecule has 0 unspecified atom stereocenters. The number of ether oxygens (including phenoxy) is 1. The van der Waals surface area contributed by atoms with Gasteiger partial charge in [-0.15, -0.1) is 0 Å². The first-order valence-corrected chi connectivity index (χ1v) is 13.1. The summed E-state index contributed by atoms with van der Waals surface area (Å²) in [6, 6.07) is 13.6. The zero-order valence-corrected chi connectivity index (χ0v) is 20.7. The first-order valence-electron chi connectivity index (χ1n) is 13.1. The molecule has 2 saturated heterocycles. The second-order valence-electron chi connectivity index (χ2n) is 9.73. The summed E-state index contributed by atoms with van der Waals surface area (Å²) in [5.74, 6) is 1.11. The summed E-state index contributed by atoms with van der Waals surface area (Å²) in [4.78, 5) is 34.0. The lowest BCUT2D eigenvalue weighted by molar-refractivity contribution is -0.139. The van der Waals surface area contributed by atoms with Gasteiger partial charge in [0.2, 0.25) is 11.8 Å². The minimum atomic E-state index is 0.00264. The second-order valence-corrected chi connectivity index (χ2v) is 9.73. The molecule has 0 spiro atoms. The normalized spacial score (nSPS) is 17.4. The molecule has 2 aliphatic rings. The maximum Gasteiger partial charge on any atom is 0.246 e. The van der Waals surface area contributed by atoms with Crippen LogP contribution in [0.3, 0.4) is 0 Å². The second kappa shape index (κ2) is 11.4. The van der Waals surface area contributed by atoms with E-state index in [0.717, 1.165) is 61.4 Å². The van der Waals surface area contributed by atoms with Crippen molar-refractivity contribution in [3.05, 3.63) is 72.2 Å². The summed E-state index contributed by atoms with van der Waals surface area (Å²) in [7, 11) is 0. The highest BCUT2D eigenvalue weighted by atomic mass is 16.5. The number of carbonyl (C=O) groups excluding carboxylic acids is 2. The molecule has 3 aromatic rings. The van der Waals surface area contributed by atoms with Crippen molar-refractivity contribution in [2.45, 2.75) is 45.1 Å². The minimum Gasteiger partial charge on any atom is -0.487 e. The molecule has 2 fully saturated rings. The van der Waals surface area contributed by atoms with E-state index in [2.05, 4.69) is 9.88 Å². The maximum absolute atomic E-state index is 12.9. The predicted octanol–water partition coefficient (Wildman–Crippen LogP) is 4.57. The van der Waals surface area contributed by atoms with E-state index < -0.39 is 0 Å². The van der Waals surface area contributed by atoms with Crippen molar-refractivity contribution in [1.82, 2.24) is 19.2 Å². The van der Waals surface area contributed by atoms with Gasteiger partial charge in [0.05, 0.1) is 5.69 Å². The number of fused-ring (bicyclic) bond motifs is 1. The molecule has 7 nitrogen and oxygen atoms in total. The molecule has 4 heterocycles. The summed E-state index contributed by atoms with van der Waals surface area (Å²) in [6.45, 7) is 3.47. The van der Waals surface area contributed by atoms with E-state index in [1.54, 1.807) is 6.08 Å². The van der Waals surface area contributed by atoms with E-state index in [9.17, 15) is 9.59 Å². The van der Waals surface area contributed by atoms with Crippen LogP contribution in [-0.4, -0.2) is 57.2 Å². The van der Waals surface area contributed by atoms with Crippen molar-refractivity contribution >= 4 is 23.5 Å². The Hall–Kier alpha value is -3.61. The number of benzene rings is 1. The summed E-state index contributed by atoms with van der Waals surface area (Å²) < 4.78 is 7.84. The van der Waals surface area contributed by atoms with Gasteiger partial charge in [-0.2, -0.15) is 0 Å². The number of amides is 2. The molecule has 188 valence electrons. The molecule has 0 radical (unpaired) electrons. The number of rotatable bonds is 6.